The molecule has 0 unspecified atom stereocenters. The van der Waals surface area contributed by atoms with Gasteiger partial charge in [0.1, 0.15) is 0 Å². The molecule has 0 bridgehead atoms. The van der Waals surface area contributed by atoms with Gasteiger partial charge in [-0.25, -0.2) is 0 Å². The zero-order chi connectivity index (χ0) is 14.9. The summed E-state index contributed by atoms with van der Waals surface area (Å²) in [7, 11) is 0. The van der Waals surface area contributed by atoms with Gasteiger partial charge in [-0.05, 0) is 35.4 Å². The van der Waals surface area contributed by atoms with Crippen molar-refractivity contribution in [2.24, 2.45) is 0 Å². The molecule has 0 saturated heterocycles. The van der Waals surface area contributed by atoms with Crippen LogP contribution in [0.25, 0.3) is 0 Å². The van der Waals surface area contributed by atoms with E-state index in [0.717, 1.165) is 21.2 Å². The molecule has 2 aromatic rings. The van der Waals surface area contributed by atoms with Crippen LogP contribution in [0.5, 0.6) is 0 Å². The van der Waals surface area contributed by atoms with Crippen LogP contribution in [-0.2, 0) is 18.0 Å². The maximum absolute atomic E-state index is 8.72. The van der Waals surface area contributed by atoms with Crippen molar-refractivity contribution in [2.45, 2.75) is 19.6 Å². The molecule has 0 radical (unpaired) electrons. The molecule has 0 aromatic heterocycles. The Kier molecular flexibility index (Phi) is 6.49. The number of aliphatic hydroxyl groups is 1. The van der Waals surface area contributed by atoms with Crippen LogP contribution in [0, 0.1) is 11.8 Å². The summed E-state index contributed by atoms with van der Waals surface area (Å²) in [5, 5.41) is 8.72. The van der Waals surface area contributed by atoms with Gasteiger partial charge in [0.2, 0.25) is 0 Å². The Balaban J connectivity index is 1.89. The third-order valence-electron chi connectivity index (χ3n) is 2.82. The van der Waals surface area contributed by atoms with Crippen molar-refractivity contribution in [3.05, 3.63) is 69.7 Å². The minimum absolute atomic E-state index is 0.0996. The second-order valence-corrected chi connectivity index (χ2v) is 5.51. The molecule has 0 fully saturated rings. The molecule has 21 heavy (non-hydrogen) atoms. The van der Waals surface area contributed by atoms with Crippen molar-refractivity contribution >= 4 is 15.9 Å². The topological polar surface area (TPSA) is 29.5 Å². The van der Waals surface area contributed by atoms with E-state index in [-0.39, 0.29) is 6.61 Å². The van der Waals surface area contributed by atoms with E-state index in [0.29, 0.717) is 19.6 Å². The Morgan fingerprint density at radius 1 is 1.00 bits per heavy atom. The maximum atomic E-state index is 8.72. The summed E-state index contributed by atoms with van der Waals surface area (Å²) in [5.74, 6) is 5.95. The molecule has 108 valence electrons. The number of aliphatic hydroxyl groups excluding tert-OH is 1. The number of hydrogen-bond donors (Lipinski definition) is 1. The van der Waals surface area contributed by atoms with Gasteiger partial charge in [-0.15, -0.1) is 0 Å². The molecule has 1 N–H and O–H groups in total. The number of ether oxygens (including phenoxy) is 1. The number of halogens is 1. The molecule has 0 aliphatic rings. The zero-order valence-electron chi connectivity index (χ0n) is 11.7. The van der Waals surface area contributed by atoms with Crippen LogP contribution >= 0.6 is 15.9 Å². The summed E-state index contributed by atoms with van der Waals surface area (Å²) in [6, 6.07) is 16.1. The molecule has 2 rings (SSSR count). The molecular formula is C18H17BrO2. The van der Waals surface area contributed by atoms with Crippen LogP contribution in [0.4, 0.5) is 0 Å². The fourth-order valence-corrected chi connectivity index (χ4v) is 2.32. The SMILES string of the molecule is OCCC#Cc1cccc(COCc2cccc(Br)c2)c1. The van der Waals surface area contributed by atoms with Crippen molar-refractivity contribution in [3.8, 4) is 11.8 Å². The lowest BCUT2D eigenvalue weighted by atomic mass is 10.1. The van der Waals surface area contributed by atoms with Crippen LogP contribution < -0.4 is 0 Å². The number of benzene rings is 2. The third kappa shape index (κ3) is 5.73. The summed E-state index contributed by atoms with van der Waals surface area (Å²) in [6.45, 7) is 1.24. The van der Waals surface area contributed by atoms with E-state index in [1.54, 1.807) is 0 Å². The Morgan fingerprint density at radius 2 is 1.71 bits per heavy atom. The minimum Gasteiger partial charge on any atom is -0.395 e. The first-order chi connectivity index (χ1) is 10.3. The van der Waals surface area contributed by atoms with E-state index in [1.165, 1.54) is 0 Å². The normalized spacial score (nSPS) is 10.0. The van der Waals surface area contributed by atoms with Crippen molar-refractivity contribution in [2.75, 3.05) is 6.61 Å². The number of rotatable bonds is 5. The van der Waals surface area contributed by atoms with Gasteiger partial charge in [-0.2, -0.15) is 0 Å². The fraction of sp³-hybridized carbons (Fsp3) is 0.222. The van der Waals surface area contributed by atoms with Gasteiger partial charge in [0.25, 0.3) is 0 Å². The zero-order valence-corrected chi connectivity index (χ0v) is 13.3. The number of hydrogen-bond acceptors (Lipinski definition) is 2. The molecule has 0 saturated carbocycles. The lowest BCUT2D eigenvalue weighted by molar-refractivity contribution is 0.107. The molecule has 2 aromatic carbocycles. The predicted molar refractivity (Wildman–Crippen MR) is 87.7 cm³/mol. The smallest absolute Gasteiger partial charge is 0.0721 e. The molecule has 0 aliphatic carbocycles. The summed E-state index contributed by atoms with van der Waals surface area (Å²) < 4.78 is 6.79. The molecule has 3 heteroatoms. The van der Waals surface area contributed by atoms with Crippen molar-refractivity contribution in [1.82, 2.24) is 0 Å². The Hall–Kier alpha value is -1.60. The molecule has 0 amide bonds. The van der Waals surface area contributed by atoms with Crippen LogP contribution in [0.3, 0.4) is 0 Å². The Labute approximate surface area is 133 Å². The fourth-order valence-electron chi connectivity index (χ4n) is 1.87. The summed E-state index contributed by atoms with van der Waals surface area (Å²) in [5.41, 5.74) is 3.19. The highest BCUT2D eigenvalue weighted by Gasteiger charge is 1.97. The van der Waals surface area contributed by atoms with Gasteiger partial charge < -0.3 is 9.84 Å². The first-order valence-electron chi connectivity index (χ1n) is 6.79. The molecule has 0 spiro atoms. The summed E-state index contributed by atoms with van der Waals surface area (Å²) >= 11 is 3.45. The summed E-state index contributed by atoms with van der Waals surface area (Å²) in [4.78, 5) is 0. The van der Waals surface area contributed by atoms with Gasteiger partial charge in [0.05, 0.1) is 19.8 Å². The predicted octanol–water partition coefficient (Wildman–Crippen LogP) is 3.90. The summed E-state index contributed by atoms with van der Waals surface area (Å²) in [6.07, 6.45) is 0.504. The molecule has 0 aliphatic heterocycles. The first kappa shape index (κ1) is 15.8. The maximum Gasteiger partial charge on any atom is 0.0721 e. The van der Waals surface area contributed by atoms with E-state index < -0.39 is 0 Å². The van der Waals surface area contributed by atoms with Crippen molar-refractivity contribution in [1.29, 1.82) is 0 Å². The lowest BCUT2D eigenvalue weighted by Crippen LogP contribution is -1.94. The van der Waals surface area contributed by atoms with Gasteiger partial charge in [0, 0.05) is 16.5 Å². The first-order valence-corrected chi connectivity index (χ1v) is 7.58. The highest BCUT2D eigenvalue weighted by atomic mass is 79.9. The van der Waals surface area contributed by atoms with Gasteiger partial charge >= 0.3 is 0 Å². The van der Waals surface area contributed by atoms with Crippen LogP contribution in [-0.4, -0.2) is 11.7 Å². The molecular weight excluding hydrogens is 328 g/mol. The highest BCUT2D eigenvalue weighted by molar-refractivity contribution is 9.10. The minimum atomic E-state index is 0.0996. The Bertz CT molecular complexity index is 641. The van der Waals surface area contributed by atoms with E-state index in [1.807, 2.05) is 42.5 Å². The quantitative estimate of drug-likeness (QED) is 0.833. The third-order valence-corrected chi connectivity index (χ3v) is 3.32. The average molecular weight is 345 g/mol. The van der Waals surface area contributed by atoms with Crippen LogP contribution in [0.1, 0.15) is 23.1 Å². The Morgan fingerprint density at radius 3 is 2.43 bits per heavy atom. The van der Waals surface area contributed by atoms with Gasteiger partial charge in [0.15, 0.2) is 0 Å². The van der Waals surface area contributed by atoms with E-state index >= 15 is 0 Å². The standard InChI is InChI=1S/C18H17BrO2/c19-18-9-4-8-17(12-18)14-21-13-16-7-3-6-15(11-16)5-1-2-10-20/h3-4,6-9,11-12,20H,2,10,13-14H2. The molecule has 0 heterocycles. The van der Waals surface area contributed by atoms with E-state index in [2.05, 4.69) is 33.8 Å². The van der Waals surface area contributed by atoms with Gasteiger partial charge in [-0.3, -0.25) is 0 Å². The van der Waals surface area contributed by atoms with Gasteiger partial charge in [-0.1, -0.05) is 52.0 Å². The van der Waals surface area contributed by atoms with Crippen molar-refractivity contribution in [3.63, 3.8) is 0 Å². The second-order valence-electron chi connectivity index (χ2n) is 4.60. The lowest BCUT2D eigenvalue weighted by Gasteiger charge is -2.05. The average Bonchev–Trinajstić information content (AvgIpc) is 2.48. The second kappa shape index (κ2) is 8.63. The largest absolute Gasteiger partial charge is 0.395 e. The molecule has 0 atom stereocenters. The highest BCUT2D eigenvalue weighted by Crippen LogP contribution is 2.13. The van der Waals surface area contributed by atoms with Crippen LogP contribution in [0.15, 0.2) is 53.0 Å². The van der Waals surface area contributed by atoms with E-state index in [4.69, 9.17) is 9.84 Å². The van der Waals surface area contributed by atoms with Crippen molar-refractivity contribution < 1.29 is 9.84 Å². The van der Waals surface area contributed by atoms with Crippen LogP contribution in [0.2, 0.25) is 0 Å². The monoisotopic (exact) mass is 344 g/mol. The van der Waals surface area contributed by atoms with E-state index in [9.17, 15) is 0 Å². The molecule has 2 nitrogen and oxygen atoms in total.